The third-order valence-corrected chi connectivity index (χ3v) is 4.18. The number of primary sulfonamides is 1. The zero-order valence-corrected chi connectivity index (χ0v) is 11.8. The molecule has 0 aliphatic carbocycles. The Morgan fingerprint density at radius 3 is 2.81 bits per heavy atom. The molecule has 8 nitrogen and oxygen atoms in total. The van der Waals surface area contributed by atoms with Crippen molar-refractivity contribution in [3.63, 3.8) is 0 Å². The van der Waals surface area contributed by atoms with Crippen molar-refractivity contribution in [2.75, 3.05) is 13.2 Å². The van der Waals surface area contributed by atoms with Gasteiger partial charge in [0, 0.05) is 5.56 Å². The first-order valence-electron chi connectivity index (χ1n) is 6.24. The second-order valence-electron chi connectivity index (χ2n) is 4.53. The number of rotatable bonds is 3. The highest BCUT2D eigenvalue weighted by molar-refractivity contribution is 7.89. The fourth-order valence-corrected chi connectivity index (χ4v) is 3.08. The molecule has 0 atom stereocenters. The topological polar surface area (TPSA) is 124 Å². The minimum atomic E-state index is -3.89. The van der Waals surface area contributed by atoms with E-state index < -0.39 is 10.0 Å². The standard InChI is InChI=1S/C12H13N5O3S/c13-21(18,19)10-3-1-2-9(8-4-6-20-7-5-8)11(10)12-14-16-17-15-12/h1-4H,5-7H2,(H2,13,18,19)(H,14,15,16,17). The van der Waals surface area contributed by atoms with E-state index in [9.17, 15) is 8.42 Å². The third-order valence-electron chi connectivity index (χ3n) is 3.22. The number of tetrazole rings is 1. The number of nitrogens with one attached hydrogen (secondary N) is 1. The molecule has 1 aromatic carbocycles. The molecule has 0 amide bonds. The number of nitrogens with two attached hydrogens (primary N) is 1. The highest BCUT2D eigenvalue weighted by Crippen LogP contribution is 2.34. The Labute approximate surface area is 121 Å². The molecule has 110 valence electrons. The van der Waals surface area contributed by atoms with E-state index in [-0.39, 0.29) is 10.7 Å². The maximum atomic E-state index is 11.8. The Morgan fingerprint density at radius 2 is 2.19 bits per heavy atom. The first kappa shape index (κ1) is 13.9. The number of H-pyrrole nitrogens is 1. The monoisotopic (exact) mass is 307 g/mol. The maximum absolute atomic E-state index is 11.8. The van der Waals surface area contributed by atoms with E-state index in [0.717, 1.165) is 11.1 Å². The molecule has 0 saturated heterocycles. The molecule has 0 bridgehead atoms. The van der Waals surface area contributed by atoms with E-state index in [0.29, 0.717) is 25.2 Å². The third kappa shape index (κ3) is 2.71. The zero-order chi connectivity index (χ0) is 14.9. The van der Waals surface area contributed by atoms with E-state index >= 15 is 0 Å². The summed E-state index contributed by atoms with van der Waals surface area (Å²) in [6, 6.07) is 4.92. The van der Waals surface area contributed by atoms with Gasteiger partial charge in [-0.3, -0.25) is 0 Å². The Hall–Kier alpha value is -2.10. The molecular weight excluding hydrogens is 294 g/mol. The van der Waals surface area contributed by atoms with Gasteiger partial charge in [0.25, 0.3) is 0 Å². The molecule has 3 N–H and O–H groups in total. The number of hydrogen-bond acceptors (Lipinski definition) is 6. The van der Waals surface area contributed by atoms with Crippen LogP contribution in [0.1, 0.15) is 12.0 Å². The molecule has 1 aliphatic heterocycles. The van der Waals surface area contributed by atoms with Gasteiger partial charge in [0.15, 0.2) is 5.82 Å². The normalized spacial score (nSPS) is 15.8. The Balaban J connectivity index is 2.28. The molecular formula is C12H13N5O3S. The lowest BCUT2D eigenvalue weighted by Gasteiger charge is -2.17. The zero-order valence-electron chi connectivity index (χ0n) is 11.0. The van der Waals surface area contributed by atoms with Crippen LogP contribution in [0.5, 0.6) is 0 Å². The lowest BCUT2D eigenvalue weighted by molar-refractivity contribution is 0.161. The summed E-state index contributed by atoms with van der Waals surface area (Å²) in [7, 11) is -3.89. The Kier molecular flexibility index (Phi) is 3.53. The molecule has 9 heteroatoms. The van der Waals surface area contributed by atoms with E-state index in [4.69, 9.17) is 9.88 Å². The smallest absolute Gasteiger partial charge is 0.238 e. The fourth-order valence-electron chi connectivity index (χ4n) is 2.32. The molecule has 3 rings (SSSR count). The van der Waals surface area contributed by atoms with Crippen LogP contribution in [0.4, 0.5) is 0 Å². The predicted molar refractivity (Wildman–Crippen MR) is 74.4 cm³/mol. The summed E-state index contributed by atoms with van der Waals surface area (Å²) in [6.45, 7) is 1.07. The highest BCUT2D eigenvalue weighted by atomic mass is 32.2. The lowest BCUT2D eigenvalue weighted by atomic mass is 9.96. The van der Waals surface area contributed by atoms with Crippen molar-refractivity contribution in [1.29, 1.82) is 0 Å². The molecule has 1 aliphatic rings. The number of nitrogens with zero attached hydrogens (tertiary/aromatic N) is 3. The van der Waals surface area contributed by atoms with Crippen molar-refractivity contribution in [3.8, 4) is 11.4 Å². The summed E-state index contributed by atoms with van der Waals surface area (Å²) in [5, 5.41) is 18.7. The summed E-state index contributed by atoms with van der Waals surface area (Å²) in [6.07, 6.45) is 2.60. The highest BCUT2D eigenvalue weighted by Gasteiger charge is 2.23. The van der Waals surface area contributed by atoms with Crippen LogP contribution in [0.15, 0.2) is 29.2 Å². The minimum absolute atomic E-state index is 0.00839. The average Bonchev–Trinajstić information content (AvgIpc) is 3.00. The van der Waals surface area contributed by atoms with Gasteiger partial charge in [-0.15, -0.1) is 5.10 Å². The van der Waals surface area contributed by atoms with Crippen molar-refractivity contribution < 1.29 is 13.2 Å². The van der Waals surface area contributed by atoms with Crippen LogP contribution >= 0.6 is 0 Å². The van der Waals surface area contributed by atoms with E-state index in [1.165, 1.54) is 6.07 Å². The SMILES string of the molecule is NS(=O)(=O)c1cccc(C2=CCOCC2)c1-c1nnn[nH]1. The van der Waals surface area contributed by atoms with E-state index in [1.54, 1.807) is 6.07 Å². The summed E-state index contributed by atoms with van der Waals surface area (Å²) < 4.78 is 29.0. The van der Waals surface area contributed by atoms with Crippen molar-refractivity contribution >= 4 is 15.6 Å². The lowest BCUT2D eigenvalue weighted by Crippen LogP contribution is -2.15. The average molecular weight is 307 g/mol. The quantitative estimate of drug-likeness (QED) is 0.841. The number of hydrogen-bond donors (Lipinski definition) is 2. The molecule has 0 spiro atoms. The first-order chi connectivity index (χ1) is 10.1. The van der Waals surface area contributed by atoms with Crippen molar-refractivity contribution in [2.24, 2.45) is 5.14 Å². The van der Waals surface area contributed by atoms with Gasteiger partial charge in [-0.2, -0.15) is 0 Å². The second-order valence-corrected chi connectivity index (χ2v) is 6.06. The fraction of sp³-hybridized carbons (Fsp3) is 0.250. The van der Waals surface area contributed by atoms with Gasteiger partial charge < -0.3 is 4.74 Å². The Bertz CT molecular complexity index is 783. The second kappa shape index (κ2) is 5.35. The van der Waals surface area contributed by atoms with E-state index in [2.05, 4.69) is 20.6 Å². The number of ether oxygens (including phenoxy) is 1. The van der Waals surface area contributed by atoms with Crippen LogP contribution < -0.4 is 5.14 Å². The maximum Gasteiger partial charge on any atom is 0.238 e. The van der Waals surface area contributed by atoms with Crippen LogP contribution in [-0.4, -0.2) is 42.3 Å². The molecule has 21 heavy (non-hydrogen) atoms. The van der Waals surface area contributed by atoms with Gasteiger partial charge in [-0.25, -0.2) is 18.7 Å². The molecule has 2 heterocycles. The summed E-state index contributed by atoms with van der Waals surface area (Å²) in [4.78, 5) is -0.00839. The van der Waals surface area contributed by atoms with Gasteiger partial charge in [-0.1, -0.05) is 18.2 Å². The first-order valence-corrected chi connectivity index (χ1v) is 7.79. The number of benzene rings is 1. The molecule has 0 fully saturated rings. The van der Waals surface area contributed by atoms with Crippen LogP contribution in [-0.2, 0) is 14.8 Å². The molecule has 0 radical (unpaired) electrons. The molecule has 0 unspecified atom stereocenters. The van der Waals surface area contributed by atoms with Crippen molar-refractivity contribution in [1.82, 2.24) is 20.6 Å². The van der Waals surface area contributed by atoms with Crippen LogP contribution in [0, 0.1) is 0 Å². The van der Waals surface area contributed by atoms with Gasteiger partial charge in [0.05, 0.1) is 18.1 Å². The summed E-state index contributed by atoms with van der Waals surface area (Å²) in [5.41, 5.74) is 2.11. The van der Waals surface area contributed by atoms with Crippen LogP contribution in [0.3, 0.4) is 0 Å². The number of aromatic amines is 1. The Morgan fingerprint density at radius 1 is 1.33 bits per heavy atom. The largest absolute Gasteiger partial charge is 0.377 e. The van der Waals surface area contributed by atoms with Crippen LogP contribution in [0.2, 0.25) is 0 Å². The van der Waals surface area contributed by atoms with Crippen molar-refractivity contribution in [3.05, 3.63) is 29.8 Å². The summed E-state index contributed by atoms with van der Waals surface area (Å²) >= 11 is 0. The van der Waals surface area contributed by atoms with E-state index in [1.807, 2.05) is 12.1 Å². The van der Waals surface area contributed by atoms with Gasteiger partial charge in [0.2, 0.25) is 10.0 Å². The molecule has 0 saturated carbocycles. The summed E-state index contributed by atoms with van der Waals surface area (Å²) in [5.74, 6) is 0.266. The van der Waals surface area contributed by atoms with Gasteiger partial charge >= 0.3 is 0 Å². The predicted octanol–water partition coefficient (Wildman–Crippen LogP) is 0.318. The molecule has 1 aromatic heterocycles. The van der Waals surface area contributed by atoms with Crippen molar-refractivity contribution in [2.45, 2.75) is 11.3 Å². The van der Waals surface area contributed by atoms with Crippen LogP contribution in [0.25, 0.3) is 17.0 Å². The minimum Gasteiger partial charge on any atom is -0.377 e. The van der Waals surface area contributed by atoms with Gasteiger partial charge in [0.1, 0.15) is 0 Å². The van der Waals surface area contributed by atoms with Gasteiger partial charge in [-0.05, 0) is 34.1 Å². The molecule has 2 aromatic rings. The number of aromatic nitrogens is 4. The number of sulfonamides is 1.